The first kappa shape index (κ1) is 23.9. The summed E-state index contributed by atoms with van der Waals surface area (Å²) in [5, 5.41) is 15.6. The number of furan rings is 1. The Labute approximate surface area is 223 Å². The Morgan fingerprint density at radius 1 is 1.08 bits per heavy atom. The molecule has 12 heteroatoms. The molecule has 1 N–H and O–H groups in total. The van der Waals surface area contributed by atoms with Gasteiger partial charge in [0.05, 0.1) is 37.1 Å². The first-order chi connectivity index (χ1) is 18.4. The van der Waals surface area contributed by atoms with Crippen molar-refractivity contribution in [2.24, 2.45) is 0 Å². The number of hydrogen-bond acceptors (Lipinski definition) is 10. The number of hydrogen-bond donors (Lipinski definition) is 1. The van der Waals surface area contributed by atoms with Gasteiger partial charge in [-0.2, -0.15) is 0 Å². The summed E-state index contributed by atoms with van der Waals surface area (Å²) in [6.45, 7) is 2.19. The maximum Gasteiger partial charge on any atom is 0.335 e. The van der Waals surface area contributed by atoms with Gasteiger partial charge in [-0.3, -0.25) is 0 Å². The van der Waals surface area contributed by atoms with E-state index in [0.29, 0.717) is 38.7 Å². The fraction of sp³-hybridized carbons (Fsp3) is 0.154. The minimum Gasteiger partial charge on any atom is -0.497 e. The zero-order valence-electron chi connectivity index (χ0n) is 20.4. The third-order valence-corrected chi connectivity index (χ3v) is 7.85. The highest BCUT2D eigenvalue weighted by Crippen LogP contribution is 2.42. The molecule has 4 heterocycles. The molecule has 0 aliphatic heterocycles. The van der Waals surface area contributed by atoms with E-state index >= 15 is 0 Å². The number of aromatic carboxylic acids is 1. The smallest absolute Gasteiger partial charge is 0.335 e. The Morgan fingerprint density at radius 2 is 1.89 bits per heavy atom. The molecule has 192 valence electrons. The van der Waals surface area contributed by atoms with E-state index in [0.717, 1.165) is 26.5 Å². The zero-order valence-corrected chi connectivity index (χ0v) is 22.1. The van der Waals surface area contributed by atoms with Crippen LogP contribution in [0, 0.1) is 6.92 Å². The molecule has 0 atom stereocenters. The number of benzene rings is 2. The normalized spacial score (nSPS) is 11.3. The number of fused-ring (bicyclic) bond motifs is 2. The van der Waals surface area contributed by atoms with Gasteiger partial charge >= 0.3 is 5.97 Å². The van der Waals surface area contributed by atoms with Crippen LogP contribution < -0.4 is 14.2 Å². The van der Waals surface area contributed by atoms with Gasteiger partial charge in [0.15, 0.2) is 11.5 Å². The summed E-state index contributed by atoms with van der Waals surface area (Å²) >= 11 is 2.84. The first-order valence-electron chi connectivity index (χ1n) is 11.4. The van der Waals surface area contributed by atoms with Crippen molar-refractivity contribution in [3.8, 4) is 38.7 Å². The summed E-state index contributed by atoms with van der Waals surface area (Å²) in [5.41, 5.74) is 3.03. The quantitative estimate of drug-likeness (QED) is 0.247. The predicted octanol–water partition coefficient (Wildman–Crippen LogP) is 5.93. The number of aromatic nitrogens is 4. The Morgan fingerprint density at radius 3 is 2.61 bits per heavy atom. The maximum absolute atomic E-state index is 11.2. The van der Waals surface area contributed by atoms with Gasteiger partial charge in [0, 0.05) is 16.5 Å². The lowest BCUT2D eigenvalue weighted by Crippen LogP contribution is -1.98. The summed E-state index contributed by atoms with van der Waals surface area (Å²) < 4.78 is 24.8. The highest BCUT2D eigenvalue weighted by atomic mass is 32.1. The molecule has 0 spiro atoms. The molecule has 2 aromatic carbocycles. The van der Waals surface area contributed by atoms with E-state index in [9.17, 15) is 4.79 Å². The molecule has 0 bridgehead atoms. The maximum atomic E-state index is 11.2. The molecule has 0 unspecified atom stereocenters. The van der Waals surface area contributed by atoms with Crippen LogP contribution in [0.2, 0.25) is 0 Å². The van der Waals surface area contributed by atoms with Crippen LogP contribution in [-0.4, -0.2) is 44.9 Å². The largest absolute Gasteiger partial charge is 0.497 e. The second-order valence-corrected chi connectivity index (χ2v) is 10.4. The minimum atomic E-state index is -0.964. The van der Waals surface area contributed by atoms with E-state index in [1.54, 1.807) is 55.3 Å². The van der Waals surface area contributed by atoms with Crippen molar-refractivity contribution in [1.29, 1.82) is 0 Å². The third-order valence-electron chi connectivity index (χ3n) is 5.91. The van der Waals surface area contributed by atoms with E-state index in [4.69, 9.17) is 28.7 Å². The lowest BCUT2D eigenvalue weighted by molar-refractivity contribution is 0.0697. The van der Waals surface area contributed by atoms with Gasteiger partial charge in [-0.15, -0.1) is 16.4 Å². The molecule has 38 heavy (non-hydrogen) atoms. The van der Waals surface area contributed by atoms with Crippen molar-refractivity contribution >= 4 is 44.6 Å². The van der Waals surface area contributed by atoms with Crippen LogP contribution >= 0.6 is 22.7 Å². The van der Waals surface area contributed by atoms with E-state index in [2.05, 4.69) is 10.1 Å². The van der Waals surface area contributed by atoms with Crippen molar-refractivity contribution in [3.05, 3.63) is 64.8 Å². The zero-order chi connectivity index (χ0) is 26.4. The average molecular weight is 549 g/mol. The van der Waals surface area contributed by atoms with Gasteiger partial charge in [0.1, 0.15) is 28.6 Å². The average Bonchev–Trinajstić information content (AvgIpc) is 3.68. The molecular weight excluding hydrogens is 528 g/mol. The summed E-state index contributed by atoms with van der Waals surface area (Å²) in [6.07, 6.45) is 1.77. The van der Waals surface area contributed by atoms with Crippen molar-refractivity contribution in [2.45, 2.75) is 13.5 Å². The lowest BCUT2D eigenvalue weighted by atomic mass is 10.1. The molecule has 0 saturated carbocycles. The number of ether oxygens (including phenoxy) is 3. The monoisotopic (exact) mass is 548 g/mol. The van der Waals surface area contributed by atoms with E-state index < -0.39 is 5.97 Å². The summed E-state index contributed by atoms with van der Waals surface area (Å²) in [4.78, 5) is 22.3. The summed E-state index contributed by atoms with van der Waals surface area (Å²) in [6, 6.07) is 12.2. The summed E-state index contributed by atoms with van der Waals surface area (Å²) in [5.74, 6) is 0.715. The lowest BCUT2D eigenvalue weighted by Gasteiger charge is -2.05. The molecule has 0 aliphatic rings. The Hall–Kier alpha value is -4.42. The van der Waals surface area contributed by atoms with Crippen molar-refractivity contribution in [1.82, 2.24) is 19.6 Å². The van der Waals surface area contributed by atoms with Gasteiger partial charge in [-0.25, -0.2) is 19.3 Å². The minimum absolute atomic E-state index is 0.206. The molecule has 0 radical (unpaired) electrons. The molecule has 0 saturated heterocycles. The molecule has 0 amide bonds. The van der Waals surface area contributed by atoms with Crippen LogP contribution in [0.1, 0.15) is 20.9 Å². The van der Waals surface area contributed by atoms with Gasteiger partial charge < -0.3 is 23.7 Å². The number of methoxy groups -OCH3 is 2. The van der Waals surface area contributed by atoms with Crippen LogP contribution in [0.4, 0.5) is 0 Å². The van der Waals surface area contributed by atoms with Gasteiger partial charge in [0.2, 0.25) is 4.96 Å². The van der Waals surface area contributed by atoms with E-state index in [1.807, 2.05) is 19.1 Å². The number of carbonyl (C=O) groups is 1. The van der Waals surface area contributed by atoms with Crippen LogP contribution in [0.15, 0.2) is 53.1 Å². The van der Waals surface area contributed by atoms with Crippen LogP contribution in [0.3, 0.4) is 0 Å². The molecule has 0 aliphatic carbocycles. The summed E-state index contributed by atoms with van der Waals surface area (Å²) in [7, 11) is 3.16. The highest BCUT2D eigenvalue weighted by molar-refractivity contribution is 7.18. The number of carboxylic acids is 1. The molecule has 6 rings (SSSR count). The number of imidazole rings is 1. The van der Waals surface area contributed by atoms with Crippen molar-refractivity contribution < 1.29 is 28.5 Å². The fourth-order valence-electron chi connectivity index (χ4n) is 3.95. The van der Waals surface area contributed by atoms with Crippen LogP contribution in [0.25, 0.3) is 38.0 Å². The standard InChI is InChI=1S/C26H20N4O6S2/c1-13-19(27-23(37-13)14-4-6-15(7-5-14)24(31)32)12-35-21-17-9-8-16(33-2)10-20(17)36-22(21)18-11-30-25(28-18)38-26(29-30)34-3/h4-11H,12H2,1-3H3,(H,31,32). The molecule has 10 nitrogen and oxygen atoms in total. The van der Waals surface area contributed by atoms with E-state index in [-0.39, 0.29) is 12.2 Å². The predicted molar refractivity (Wildman–Crippen MR) is 143 cm³/mol. The Kier molecular flexibility index (Phi) is 5.97. The molecular formula is C26H20N4O6S2. The highest BCUT2D eigenvalue weighted by Gasteiger charge is 2.23. The number of nitrogens with zero attached hydrogens (tertiary/aromatic N) is 4. The van der Waals surface area contributed by atoms with Gasteiger partial charge in [-0.1, -0.05) is 12.1 Å². The Bertz CT molecular complexity index is 1770. The molecule has 6 aromatic rings. The topological polar surface area (TPSA) is 121 Å². The van der Waals surface area contributed by atoms with Crippen molar-refractivity contribution in [2.75, 3.05) is 14.2 Å². The van der Waals surface area contributed by atoms with Gasteiger partial charge in [0.25, 0.3) is 5.19 Å². The van der Waals surface area contributed by atoms with Gasteiger partial charge in [-0.05, 0) is 42.5 Å². The second kappa shape index (κ2) is 9.47. The SMILES string of the molecule is COc1ccc2c(OCc3nc(-c4ccc(C(=O)O)cc4)sc3C)c(-c3cn4nc(OC)sc4n3)oc2c1. The molecule has 0 fully saturated rings. The third kappa shape index (κ3) is 4.23. The van der Waals surface area contributed by atoms with Crippen LogP contribution in [-0.2, 0) is 6.61 Å². The van der Waals surface area contributed by atoms with Crippen LogP contribution in [0.5, 0.6) is 16.7 Å². The number of carboxylic acid groups (broad SMARTS) is 1. The molecule has 4 aromatic heterocycles. The number of rotatable bonds is 8. The second-order valence-electron chi connectivity index (χ2n) is 8.24. The number of aryl methyl sites for hydroxylation is 1. The Balaban J connectivity index is 1.34. The van der Waals surface area contributed by atoms with Crippen molar-refractivity contribution in [3.63, 3.8) is 0 Å². The fourth-order valence-corrected chi connectivity index (χ4v) is 5.57. The van der Waals surface area contributed by atoms with E-state index in [1.165, 1.54) is 22.7 Å². The first-order valence-corrected chi connectivity index (χ1v) is 13.0. The number of thiazole rings is 1.